The normalized spacial score (nSPS) is 14.6. The Kier molecular flexibility index (Phi) is 9.32. The molecule has 5 aromatic rings. The van der Waals surface area contributed by atoms with Crippen molar-refractivity contribution in [3.63, 3.8) is 0 Å². The van der Waals surface area contributed by atoms with Crippen molar-refractivity contribution in [2.45, 2.75) is 30.1 Å². The number of nitrogens with one attached hydrogen (secondary N) is 1. The SMILES string of the molecule is CCOC(=O)C1=C(c2ccccc2)N=c2s/c(=C\c3cc(Br)c(Sc4nc(C)cc(=O)[nH]4)o3)c(=O)n2[C@H]1c1cc(Br)ccc1OC. The Balaban J connectivity index is 1.56. The fourth-order valence-electron chi connectivity index (χ4n) is 4.98. The van der Waals surface area contributed by atoms with Gasteiger partial charge in [-0.15, -0.1) is 0 Å². The third-order valence-electron chi connectivity index (χ3n) is 6.85. The lowest BCUT2D eigenvalue weighted by atomic mass is 9.92. The second kappa shape index (κ2) is 13.4. The number of H-pyrrole nitrogens is 1. The zero-order chi connectivity index (χ0) is 32.5. The summed E-state index contributed by atoms with van der Waals surface area (Å²) in [5.41, 5.74) is 1.81. The van der Waals surface area contributed by atoms with Crippen molar-refractivity contribution in [3.05, 3.63) is 128 Å². The average Bonchev–Trinajstić information content (AvgIpc) is 3.53. The minimum atomic E-state index is -0.918. The molecule has 0 saturated carbocycles. The molecule has 10 nitrogen and oxygen atoms in total. The molecule has 4 heterocycles. The number of esters is 1. The number of aryl methyl sites for hydroxylation is 1. The van der Waals surface area contributed by atoms with Gasteiger partial charge >= 0.3 is 5.97 Å². The average molecular weight is 785 g/mol. The van der Waals surface area contributed by atoms with Gasteiger partial charge in [-0.1, -0.05) is 57.6 Å². The van der Waals surface area contributed by atoms with Gasteiger partial charge in [0.25, 0.3) is 11.1 Å². The number of fused-ring (bicyclic) bond motifs is 1. The molecule has 3 aromatic heterocycles. The van der Waals surface area contributed by atoms with E-state index in [0.717, 1.165) is 16.2 Å². The molecule has 0 spiro atoms. The van der Waals surface area contributed by atoms with Crippen molar-refractivity contribution in [1.29, 1.82) is 0 Å². The van der Waals surface area contributed by atoms with E-state index < -0.39 is 12.0 Å². The Hall–Kier alpha value is -3.98. The van der Waals surface area contributed by atoms with Gasteiger partial charge in [0.05, 0.1) is 34.0 Å². The number of carbonyl (C=O) groups excluding carboxylic acids is 1. The van der Waals surface area contributed by atoms with E-state index in [4.69, 9.17) is 18.9 Å². The quantitative estimate of drug-likeness (QED) is 0.159. The van der Waals surface area contributed by atoms with Gasteiger partial charge in [-0.2, -0.15) is 0 Å². The minimum absolute atomic E-state index is 0.136. The maximum absolute atomic E-state index is 14.3. The number of hydrogen-bond acceptors (Lipinski definition) is 10. The Morgan fingerprint density at radius 1 is 1.15 bits per heavy atom. The summed E-state index contributed by atoms with van der Waals surface area (Å²) < 4.78 is 20.5. The summed E-state index contributed by atoms with van der Waals surface area (Å²) in [6.45, 7) is 3.59. The number of ether oxygens (including phenoxy) is 2. The van der Waals surface area contributed by atoms with E-state index in [9.17, 15) is 14.4 Å². The van der Waals surface area contributed by atoms with Crippen LogP contribution in [0.5, 0.6) is 5.75 Å². The molecule has 0 aliphatic carbocycles. The largest absolute Gasteiger partial charge is 0.496 e. The summed E-state index contributed by atoms with van der Waals surface area (Å²) in [6, 6.07) is 16.9. The molecule has 0 fully saturated rings. The monoisotopic (exact) mass is 782 g/mol. The maximum Gasteiger partial charge on any atom is 0.338 e. The molecular weight excluding hydrogens is 760 g/mol. The standard InChI is InChI=1S/C32H24Br2N4O6S2/c1-4-43-29(41)25-26(17-8-6-5-7-9-17)37-32-38(27(25)20-13-18(33)10-11-22(20)42-3)28(40)23(45-32)15-19-14-21(34)30(44-19)46-31-35-16(2)12-24(39)36-31/h5-15,27H,4H2,1-3H3,(H,35,36,39)/b23-15-/t27-/m0/s1. The van der Waals surface area contributed by atoms with Crippen LogP contribution in [0.2, 0.25) is 0 Å². The third kappa shape index (κ3) is 6.34. The lowest BCUT2D eigenvalue weighted by Crippen LogP contribution is -2.40. The van der Waals surface area contributed by atoms with E-state index in [1.165, 1.54) is 29.1 Å². The van der Waals surface area contributed by atoms with E-state index in [-0.39, 0.29) is 23.3 Å². The smallest absolute Gasteiger partial charge is 0.338 e. The molecule has 14 heteroatoms. The maximum atomic E-state index is 14.3. The van der Waals surface area contributed by atoms with Crippen molar-refractivity contribution in [2.75, 3.05) is 13.7 Å². The fourth-order valence-corrected chi connectivity index (χ4v) is 7.70. The van der Waals surface area contributed by atoms with Crippen LogP contribution in [0.1, 0.15) is 35.5 Å². The lowest BCUT2D eigenvalue weighted by Gasteiger charge is -2.27. The van der Waals surface area contributed by atoms with Crippen LogP contribution in [0.3, 0.4) is 0 Å². The molecule has 1 atom stereocenters. The number of benzene rings is 2. The summed E-state index contributed by atoms with van der Waals surface area (Å²) in [7, 11) is 1.54. The Morgan fingerprint density at radius 3 is 2.65 bits per heavy atom. The van der Waals surface area contributed by atoms with Crippen molar-refractivity contribution in [1.82, 2.24) is 14.5 Å². The first-order valence-electron chi connectivity index (χ1n) is 13.8. The highest BCUT2D eigenvalue weighted by Gasteiger charge is 2.37. The van der Waals surface area contributed by atoms with Gasteiger partial charge in [0.15, 0.2) is 15.1 Å². The fraction of sp³-hybridized carbons (Fsp3) is 0.156. The highest BCUT2D eigenvalue weighted by atomic mass is 79.9. The van der Waals surface area contributed by atoms with Crippen molar-refractivity contribution < 1.29 is 18.7 Å². The van der Waals surface area contributed by atoms with Gasteiger partial charge in [-0.25, -0.2) is 14.8 Å². The number of rotatable bonds is 8. The molecule has 46 heavy (non-hydrogen) atoms. The molecule has 0 amide bonds. The van der Waals surface area contributed by atoms with E-state index in [1.807, 2.05) is 42.5 Å². The molecule has 1 N–H and O–H groups in total. The number of nitrogens with zero attached hydrogens (tertiary/aromatic N) is 3. The number of thiazole rings is 1. The highest BCUT2D eigenvalue weighted by molar-refractivity contribution is 9.10. The Labute approximate surface area is 286 Å². The van der Waals surface area contributed by atoms with Crippen LogP contribution in [-0.2, 0) is 9.53 Å². The first-order chi connectivity index (χ1) is 22.2. The Morgan fingerprint density at radius 2 is 1.93 bits per heavy atom. The second-order valence-electron chi connectivity index (χ2n) is 9.90. The second-order valence-corrected chi connectivity index (χ2v) is 13.6. The summed E-state index contributed by atoms with van der Waals surface area (Å²) in [5, 5.41) is 0.814. The van der Waals surface area contributed by atoms with E-state index in [1.54, 1.807) is 32.1 Å². The molecule has 234 valence electrons. The summed E-state index contributed by atoms with van der Waals surface area (Å²) >= 11 is 9.36. The van der Waals surface area contributed by atoms with Crippen LogP contribution in [0.4, 0.5) is 0 Å². The van der Waals surface area contributed by atoms with Gasteiger partial charge < -0.3 is 18.9 Å². The first kappa shape index (κ1) is 32.0. The van der Waals surface area contributed by atoms with E-state index >= 15 is 0 Å². The molecule has 0 bridgehead atoms. The number of furan rings is 1. The lowest BCUT2D eigenvalue weighted by molar-refractivity contribution is -0.138. The molecule has 6 rings (SSSR count). The molecule has 2 aromatic carbocycles. The van der Waals surface area contributed by atoms with Crippen LogP contribution < -0.4 is 25.2 Å². The van der Waals surface area contributed by atoms with Gasteiger partial charge in [0.2, 0.25) is 0 Å². The number of aromatic nitrogens is 3. The number of halogens is 2. The summed E-state index contributed by atoms with van der Waals surface area (Å²) in [5.74, 6) is 0.281. The van der Waals surface area contributed by atoms with Crippen LogP contribution in [0.25, 0.3) is 11.8 Å². The highest BCUT2D eigenvalue weighted by Crippen LogP contribution is 2.40. The van der Waals surface area contributed by atoms with E-state index in [2.05, 4.69) is 41.8 Å². The molecule has 0 unspecified atom stereocenters. The van der Waals surface area contributed by atoms with Crippen molar-refractivity contribution in [2.24, 2.45) is 4.99 Å². The molecule has 1 aliphatic heterocycles. The molecule has 0 saturated heterocycles. The Bertz CT molecular complexity index is 2260. The molecule has 0 radical (unpaired) electrons. The first-order valence-corrected chi connectivity index (χ1v) is 17.1. The summed E-state index contributed by atoms with van der Waals surface area (Å²) in [6.07, 6.45) is 1.62. The van der Waals surface area contributed by atoms with Crippen LogP contribution in [0, 0.1) is 6.92 Å². The van der Waals surface area contributed by atoms with Crippen LogP contribution in [0.15, 0.2) is 104 Å². The van der Waals surface area contributed by atoms with Gasteiger partial charge in [-0.3, -0.25) is 14.2 Å². The van der Waals surface area contributed by atoms with E-state index in [0.29, 0.717) is 58.1 Å². The molecular formula is C32H24Br2N4O6S2. The van der Waals surface area contributed by atoms with Gasteiger partial charge in [0.1, 0.15) is 17.6 Å². The minimum Gasteiger partial charge on any atom is -0.496 e. The predicted molar refractivity (Wildman–Crippen MR) is 182 cm³/mol. The van der Waals surface area contributed by atoms with Crippen LogP contribution in [-0.4, -0.2) is 34.2 Å². The number of hydrogen-bond donors (Lipinski definition) is 1. The van der Waals surface area contributed by atoms with Gasteiger partial charge in [0, 0.05) is 33.4 Å². The third-order valence-corrected chi connectivity index (χ3v) is 10.0. The van der Waals surface area contributed by atoms with Crippen molar-refractivity contribution in [3.8, 4) is 5.75 Å². The van der Waals surface area contributed by atoms with Crippen LogP contribution >= 0.6 is 55.0 Å². The number of aromatic amines is 1. The van der Waals surface area contributed by atoms with Crippen molar-refractivity contribution >= 4 is 72.7 Å². The van der Waals surface area contributed by atoms with Gasteiger partial charge in [-0.05, 0) is 65.8 Å². The zero-order valence-corrected chi connectivity index (χ0v) is 29.3. The summed E-state index contributed by atoms with van der Waals surface area (Å²) in [4.78, 5) is 52.2. The molecule has 1 aliphatic rings. The number of methoxy groups -OCH3 is 1. The zero-order valence-electron chi connectivity index (χ0n) is 24.5. The topological polar surface area (TPSA) is 129 Å². The number of carbonyl (C=O) groups is 1. The predicted octanol–water partition coefficient (Wildman–Crippen LogP) is 5.61.